The molecule has 6 nitrogen and oxygen atoms in total. The van der Waals surface area contributed by atoms with Crippen LogP contribution in [0, 0.1) is 27.4 Å². The van der Waals surface area contributed by atoms with Crippen molar-refractivity contribution < 1.29 is 4.92 Å². The maximum Gasteiger partial charge on any atom is 0.293 e. The third-order valence-electron chi connectivity index (χ3n) is 4.17. The molecule has 1 N–H and O–H groups in total. The number of nitro groups is 1. The van der Waals surface area contributed by atoms with E-state index in [1.807, 2.05) is 6.07 Å². The molecule has 1 aliphatic heterocycles. The van der Waals surface area contributed by atoms with Crippen LogP contribution in [0.25, 0.3) is 0 Å². The molecular formula is C16H22N4O2. The Morgan fingerprint density at radius 2 is 2.18 bits per heavy atom. The van der Waals surface area contributed by atoms with Crippen molar-refractivity contribution >= 4 is 11.4 Å². The molecule has 0 saturated carbocycles. The third-order valence-corrected chi connectivity index (χ3v) is 4.17. The van der Waals surface area contributed by atoms with Gasteiger partial charge in [-0.1, -0.05) is 6.92 Å². The van der Waals surface area contributed by atoms with Gasteiger partial charge in [-0.2, -0.15) is 5.26 Å². The van der Waals surface area contributed by atoms with E-state index in [-0.39, 0.29) is 5.69 Å². The number of nitrogens with zero attached hydrogens (tertiary/aromatic N) is 3. The summed E-state index contributed by atoms with van der Waals surface area (Å²) in [6.07, 6.45) is 3.47. The van der Waals surface area contributed by atoms with E-state index in [9.17, 15) is 10.1 Å². The van der Waals surface area contributed by atoms with Crippen LogP contribution in [0.2, 0.25) is 0 Å². The fourth-order valence-corrected chi connectivity index (χ4v) is 2.71. The second kappa shape index (κ2) is 7.76. The zero-order valence-electron chi connectivity index (χ0n) is 12.9. The number of rotatable bonds is 6. The predicted molar refractivity (Wildman–Crippen MR) is 85.8 cm³/mol. The van der Waals surface area contributed by atoms with Crippen molar-refractivity contribution in [3.8, 4) is 6.07 Å². The Labute approximate surface area is 130 Å². The molecule has 1 aromatic carbocycles. The highest BCUT2D eigenvalue weighted by atomic mass is 16.6. The SMILES string of the molecule is CC1CCN(CCCNc2ccc(C#N)cc2[N+](=O)[O-])CC1. The zero-order chi connectivity index (χ0) is 15.9. The van der Waals surface area contributed by atoms with Gasteiger partial charge < -0.3 is 10.2 Å². The summed E-state index contributed by atoms with van der Waals surface area (Å²) in [5.41, 5.74) is 0.752. The van der Waals surface area contributed by atoms with Crippen LogP contribution in [0.4, 0.5) is 11.4 Å². The lowest BCUT2D eigenvalue weighted by Crippen LogP contribution is -2.34. The van der Waals surface area contributed by atoms with Crippen molar-refractivity contribution in [1.82, 2.24) is 4.90 Å². The minimum atomic E-state index is -0.449. The van der Waals surface area contributed by atoms with Crippen LogP contribution in [0.1, 0.15) is 31.7 Å². The van der Waals surface area contributed by atoms with E-state index in [0.29, 0.717) is 17.8 Å². The molecule has 0 aromatic heterocycles. The van der Waals surface area contributed by atoms with Gasteiger partial charge in [-0.25, -0.2) is 0 Å². The van der Waals surface area contributed by atoms with Crippen LogP contribution in [0.15, 0.2) is 18.2 Å². The molecule has 0 amide bonds. The minimum Gasteiger partial charge on any atom is -0.379 e. The summed E-state index contributed by atoms with van der Waals surface area (Å²) >= 11 is 0. The van der Waals surface area contributed by atoms with Gasteiger partial charge in [0.05, 0.1) is 16.6 Å². The molecule has 1 aromatic rings. The summed E-state index contributed by atoms with van der Waals surface area (Å²) < 4.78 is 0. The van der Waals surface area contributed by atoms with Crippen molar-refractivity contribution in [3.05, 3.63) is 33.9 Å². The summed E-state index contributed by atoms with van der Waals surface area (Å²) in [4.78, 5) is 13.1. The molecule has 1 fully saturated rings. The van der Waals surface area contributed by atoms with Gasteiger partial charge in [-0.15, -0.1) is 0 Å². The van der Waals surface area contributed by atoms with Crippen molar-refractivity contribution in [2.75, 3.05) is 31.5 Å². The van der Waals surface area contributed by atoms with E-state index >= 15 is 0 Å². The fourth-order valence-electron chi connectivity index (χ4n) is 2.71. The second-order valence-corrected chi connectivity index (χ2v) is 5.91. The molecular weight excluding hydrogens is 280 g/mol. The molecule has 0 aliphatic carbocycles. The quantitative estimate of drug-likeness (QED) is 0.496. The number of anilines is 1. The number of hydrogen-bond acceptors (Lipinski definition) is 5. The number of nitrogens with one attached hydrogen (secondary N) is 1. The van der Waals surface area contributed by atoms with E-state index in [2.05, 4.69) is 17.1 Å². The predicted octanol–water partition coefficient (Wildman–Crippen LogP) is 3.00. The fraction of sp³-hybridized carbons (Fsp3) is 0.562. The van der Waals surface area contributed by atoms with Gasteiger partial charge in [-0.3, -0.25) is 10.1 Å². The lowest BCUT2D eigenvalue weighted by molar-refractivity contribution is -0.384. The van der Waals surface area contributed by atoms with Gasteiger partial charge >= 0.3 is 0 Å². The lowest BCUT2D eigenvalue weighted by Gasteiger charge is -2.30. The van der Waals surface area contributed by atoms with Crippen LogP contribution < -0.4 is 5.32 Å². The normalized spacial score (nSPS) is 16.2. The summed E-state index contributed by atoms with van der Waals surface area (Å²) in [6.45, 7) is 6.31. The smallest absolute Gasteiger partial charge is 0.293 e. The Morgan fingerprint density at radius 3 is 2.82 bits per heavy atom. The largest absolute Gasteiger partial charge is 0.379 e. The molecule has 1 heterocycles. The van der Waals surface area contributed by atoms with Gasteiger partial charge in [0.25, 0.3) is 5.69 Å². The Bertz CT molecular complexity index is 560. The van der Waals surface area contributed by atoms with E-state index in [0.717, 1.165) is 32.0 Å². The van der Waals surface area contributed by atoms with Crippen LogP contribution in [-0.4, -0.2) is 36.0 Å². The number of nitro benzene ring substituents is 1. The van der Waals surface area contributed by atoms with Crippen LogP contribution >= 0.6 is 0 Å². The number of piperidine rings is 1. The van der Waals surface area contributed by atoms with Gasteiger partial charge in [0.15, 0.2) is 0 Å². The maximum absolute atomic E-state index is 11.0. The highest BCUT2D eigenvalue weighted by Crippen LogP contribution is 2.25. The van der Waals surface area contributed by atoms with Crippen LogP contribution in [-0.2, 0) is 0 Å². The van der Waals surface area contributed by atoms with E-state index in [4.69, 9.17) is 5.26 Å². The molecule has 0 radical (unpaired) electrons. The Balaban J connectivity index is 1.82. The third kappa shape index (κ3) is 4.43. The molecule has 1 saturated heterocycles. The molecule has 22 heavy (non-hydrogen) atoms. The maximum atomic E-state index is 11.0. The monoisotopic (exact) mass is 302 g/mol. The number of likely N-dealkylation sites (tertiary alicyclic amines) is 1. The molecule has 6 heteroatoms. The minimum absolute atomic E-state index is 0.0363. The summed E-state index contributed by atoms with van der Waals surface area (Å²) in [5, 5.41) is 23.0. The Morgan fingerprint density at radius 1 is 1.45 bits per heavy atom. The number of nitriles is 1. The first-order valence-corrected chi connectivity index (χ1v) is 7.75. The van der Waals surface area contributed by atoms with Crippen molar-refractivity contribution in [2.24, 2.45) is 5.92 Å². The zero-order valence-corrected chi connectivity index (χ0v) is 12.9. The molecule has 118 valence electrons. The Kier molecular flexibility index (Phi) is 5.73. The number of hydrogen-bond donors (Lipinski definition) is 1. The lowest BCUT2D eigenvalue weighted by atomic mass is 9.99. The van der Waals surface area contributed by atoms with Crippen molar-refractivity contribution in [3.63, 3.8) is 0 Å². The average Bonchev–Trinajstić information content (AvgIpc) is 2.53. The van der Waals surface area contributed by atoms with Gasteiger partial charge in [0.1, 0.15) is 5.69 Å². The molecule has 0 unspecified atom stereocenters. The average molecular weight is 302 g/mol. The van der Waals surface area contributed by atoms with Crippen LogP contribution in [0.3, 0.4) is 0 Å². The van der Waals surface area contributed by atoms with Crippen LogP contribution in [0.5, 0.6) is 0 Å². The first-order chi connectivity index (χ1) is 10.6. The van der Waals surface area contributed by atoms with E-state index < -0.39 is 4.92 Å². The first kappa shape index (κ1) is 16.2. The first-order valence-electron chi connectivity index (χ1n) is 7.75. The molecule has 0 bridgehead atoms. The highest BCUT2D eigenvalue weighted by molar-refractivity contribution is 5.63. The molecule has 0 atom stereocenters. The molecule has 2 rings (SSSR count). The van der Waals surface area contributed by atoms with Gasteiger partial charge in [0, 0.05) is 12.6 Å². The van der Waals surface area contributed by atoms with E-state index in [1.165, 1.54) is 18.9 Å². The van der Waals surface area contributed by atoms with Crippen molar-refractivity contribution in [2.45, 2.75) is 26.2 Å². The second-order valence-electron chi connectivity index (χ2n) is 5.91. The number of benzene rings is 1. The van der Waals surface area contributed by atoms with Gasteiger partial charge in [-0.05, 0) is 56.9 Å². The molecule has 0 spiro atoms. The topological polar surface area (TPSA) is 82.2 Å². The summed E-state index contributed by atoms with van der Waals surface area (Å²) in [7, 11) is 0. The van der Waals surface area contributed by atoms with E-state index in [1.54, 1.807) is 12.1 Å². The van der Waals surface area contributed by atoms with Gasteiger partial charge in [0.2, 0.25) is 0 Å². The molecule has 1 aliphatic rings. The standard InChI is InChI=1S/C16H22N4O2/c1-13-5-9-19(10-6-13)8-2-7-18-15-4-3-14(12-17)11-16(15)20(21)22/h3-4,11,13,18H,2,5-10H2,1H3. The highest BCUT2D eigenvalue weighted by Gasteiger charge is 2.16. The van der Waals surface area contributed by atoms with Crippen molar-refractivity contribution in [1.29, 1.82) is 5.26 Å². The summed E-state index contributed by atoms with van der Waals surface area (Å²) in [5.74, 6) is 0.829. The summed E-state index contributed by atoms with van der Waals surface area (Å²) in [6, 6.07) is 6.45. The Hall–Kier alpha value is -2.13.